The van der Waals surface area contributed by atoms with Crippen LogP contribution in [0.4, 0.5) is 0 Å². The van der Waals surface area contributed by atoms with Gasteiger partial charge >= 0.3 is 17.9 Å². The molecule has 1 atom stereocenters. The Labute approximate surface area is 317 Å². The zero-order valence-corrected chi connectivity index (χ0v) is 31.9. The van der Waals surface area contributed by atoms with Crippen molar-refractivity contribution in [2.45, 2.75) is 92.3 Å². The average molecular weight is 738 g/mol. The molecular weight excluding hydrogens is 686 g/mol. The lowest BCUT2D eigenvalue weighted by atomic mass is 9.89. The molecule has 1 aromatic heterocycles. The third-order valence-electron chi connectivity index (χ3n) is 9.06. The molecule has 1 aliphatic rings. The van der Waals surface area contributed by atoms with Crippen molar-refractivity contribution in [1.29, 1.82) is 5.41 Å². The Balaban J connectivity index is 1.61. The molecule has 1 saturated carbocycles. The molecule has 11 nitrogen and oxygen atoms in total. The Kier molecular flexibility index (Phi) is 15.0. The first kappa shape index (κ1) is 41.3. The van der Waals surface area contributed by atoms with Gasteiger partial charge in [0.2, 0.25) is 6.29 Å². The monoisotopic (exact) mass is 737 g/mol. The number of amides is 1. The zero-order chi connectivity index (χ0) is 39.4. The number of benzene rings is 2. The van der Waals surface area contributed by atoms with Gasteiger partial charge in [-0.25, -0.2) is 9.78 Å². The molecule has 0 spiro atoms. The highest BCUT2D eigenvalue weighted by Gasteiger charge is 2.27. The SMILES string of the molecule is C=Cc1cc(C(=O)Cc2ccc(C(=N)CC(=O)OCCCCCC)cc2)c(-c2ccc(C(=O)NCC3CC3)nc2C(=O)OC(C)OC(=O)C(C)C)cc1C. The van der Waals surface area contributed by atoms with E-state index in [-0.39, 0.29) is 46.9 Å². The van der Waals surface area contributed by atoms with Crippen LogP contribution in [-0.2, 0) is 30.2 Å². The molecule has 0 aliphatic heterocycles. The molecular formula is C43H51N3O8. The number of Topliss-reactive ketones (excluding diaryl/α,β-unsaturated/α-hetero) is 1. The van der Waals surface area contributed by atoms with Gasteiger partial charge in [0, 0.05) is 36.7 Å². The summed E-state index contributed by atoms with van der Waals surface area (Å²) < 4.78 is 16.0. The Morgan fingerprint density at radius 2 is 1.69 bits per heavy atom. The van der Waals surface area contributed by atoms with E-state index in [0.29, 0.717) is 41.3 Å². The maximum absolute atomic E-state index is 14.1. The summed E-state index contributed by atoms with van der Waals surface area (Å²) in [5.41, 5.74) is 3.54. The first-order valence-corrected chi connectivity index (χ1v) is 18.6. The van der Waals surface area contributed by atoms with Crippen molar-refractivity contribution in [3.05, 3.63) is 94.3 Å². The molecule has 2 N–H and O–H groups in total. The largest absolute Gasteiger partial charge is 0.465 e. The quantitative estimate of drug-likeness (QED) is 0.0387. The minimum atomic E-state index is -1.24. The fraction of sp³-hybridized carbons (Fsp3) is 0.419. The number of carbonyl (C=O) groups excluding carboxylic acids is 5. The Hall–Kier alpha value is -5.45. The maximum Gasteiger partial charge on any atom is 0.360 e. The van der Waals surface area contributed by atoms with E-state index in [2.05, 4.69) is 23.8 Å². The predicted molar refractivity (Wildman–Crippen MR) is 206 cm³/mol. The van der Waals surface area contributed by atoms with Crippen molar-refractivity contribution in [2.75, 3.05) is 13.2 Å². The van der Waals surface area contributed by atoms with E-state index in [9.17, 15) is 24.0 Å². The lowest BCUT2D eigenvalue weighted by Gasteiger charge is -2.18. The third kappa shape index (κ3) is 11.8. The number of carbonyl (C=O) groups is 5. The minimum Gasteiger partial charge on any atom is -0.465 e. The number of hydrogen-bond donors (Lipinski definition) is 2. The van der Waals surface area contributed by atoms with E-state index in [1.165, 1.54) is 13.0 Å². The Bertz CT molecular complexity index is 1880. The summed E-state index contributed by atoms with van der Waals surface area (Å²) in [4.78, 5) is 69.8. The van der Waals surface area contributed by atoms with E-state index in [1.807, 2.05) is 6.92 Å². The zero-order valence-electron chi connectivity index (χ0n) is 31.9. The predicted octanol–water partition coefficient (Wildman–Crippen LogP) is 7.85. The highest BCUT2D eigenvalue weighted by molar-refractivity contribution is 6.09. The second kappa shape index (κ2) is 19.6. The summed E-state index contributed by atoms with van der Waals surface area (Å²) in [6.07, 6.45) is 6.27. The molecule has 1 unspecified atom stereocenters. The summed E-state index contributed by atoms with van der Waals surface area (Å²) >= 11 is 0. The number of unbranched alkanes of at least 4 members (excludes halogenated alkanes) is 3. The van der Waals surface area contributed by atoms with Gasteiger partial charge in [-0.15, -0.1) is 0 Å². The van der Waals surface area contributed by atoms with Crippen molar-refractivity contribution in [1.82, 2.24) is 10.3 Å². The number of pyridine rings is 1. The van der Waals surface area contributed by atoms with E-state index in [1.54, 1.807) is 62.4 Å². The van der Waals surface area contributed by atoms with Crippen LogP contribution >= 0.6 is 0 Å². The summed E-state index contributed by atoms with van der Waals surface area (Å²) in [5.74, 6) is -2.69. The van der Waals surface area contributed by atoms with E-state index in [4.69, 9.17) is 19.6 Å². The van der Waals surface area contributed by atoms with Crippen molar-refractivity contribution in [2.24, 2.45) is 11.8 Å². The molecule has 4 rings (SSSR count). The summed E-state index contributed by atoms with van der Waals surface area (Å²) in [6.45, 7) is 13.4. The van der Waals surface area contributed by atoms with Crippen LogP contribution in [0.3, 0.4) is 0 Å². The number of nitrogens with one attached hydrogen (secondary N) is 2. The number of nitrogens with zero attached hydrogens (tertiary/aromatic N) is 1. The van der Waals surface area contributed by atoms with Crippen LogP contribution in [0.25, 0.3) is 17.2 Å². The molecule has 1 amide bonds. The fourth-order valence-corrected chi connectivity index (χ4v) is 5.65. The summed E-state index contributed by atoms with van der Waals surface area (Å²) in [6, 6.07) is 13.4. The van der Waals surface area contributed by atoms with Crippen LogP contribution < -0.4 is 5.32 Å². The molecule has 286 valence electrons. The van der Waals surface area contributed by atoms with Crippen LogP contribution in [0, 0.1) is 24.2 Å². The summed E-state index contributed by atoms with van der Waals surface area (Å²) in [5, 5.41) is 11.3. The number of aryl methyl sites for hydroxylation is 1. The smallest absolute Gasteiger partial charge is 0.360 e. The van der Waals surface area contributed by atoms with Crippen LogP contribution in [-0.4, -0.2) is 59.7 Å². The lowest BCUT2D eigenvalue weighted by Crippen LogP contribution is -2.28. The first-order chi connectivity index (χ1) is 25.8. The van der Waals surface area contributed by atoms with E-state index < -0.39 is 36.0 Å². The highest BCUT2D eigenvalue weighted by Crippen LogP contribution is 2.32. The van der Waals surface area contributed by atoms with Crippen molar-refractivity contribution < 1.29 is 38.2 Å². The number of hydrogen-bond acceptors (Lipinski definition) is 10. The van der Waals surface area contributed by atoms with Gasteiger partial charge in [-0.3, -0.25) is 19.2 Å². The number of aromatic nitrogens is 1. The van der Waals surface area contributed by atoms with Gasteiger partial charge in [0.1, 0.15) is 5.69 Å². The van der Waals surface area contributed by atoms with Crippen LogP contribution in [0.1, 0.15) is 126 Å². The molecule has 0 bridgehead atoms. The van der Waals surface area contributed by atoms with Gasteiger partial charge in [0.25, 0.3) is 5.91 Å². The van der Waals surface area contributed by atoms with Gasteiger partial charge < -0.3 is 24.9 Å². The van der Waals surface area contributed by atoms with Gasteiger partial charge in [0.15, 0.2) is 11.5 Å². The van der Waals surface area contributed by atoms with Crippen molar-refractivity contribution >= 4 is 41.4 Å². The number of ketones is 1. The molecule has 0 radical (unpaired) electrons. The highest BCUT2D eigenvalue weighted by atomic mass is 16.7. The second-order valence-electron chi connectivity index (χ2n) is 14.0. The molecule has 1 aliphatic carbocycles. The standard InChI is InChI=1S/C43H51N3O8/c1-7-9-10-11-20-52-39(48)24-36(44)32-16-14-29(15-17-32)22-38(47)35-23-31(8-2)27(5)21-34(35)33-18-19-37(41(49)45-25-30-12-13-30)46-40(33)43(51)54-28(6)53-42(50)26(3)4/h8,14-19,21,23,26,28,30,44H,2,7,9-13,20,22,24-25H2,1,3-6H3,(H,45,49). The molecule has 3 aromatic rings. The number of ether oxygens (including phenoxy) is 3. The first-order valence-electron chi connectivity index (χ1n) is 18.6. The van der Waals surface area contributed by atoms with Gasteiger partial charge in [-0.2, -0.15) is 0 Å². The molecule has 11 heteroatoms. The summed E-state index contributed by atoms with van der Waals surface area (Å²) in [7, 11) is 0. The van der Waals surface area contributed by atoms with Gasteiger partial charge in [-0.1, -0.05) is 83.0 Å². The molecule has 54 heavy (non-hydrogen) atoms. The molecule has 0 saturated heterocycles. The third-order valence-corrected chi connectivity index (χ3v) is 9.06. The molecule has 1 heterocycles. The normalized spacial score (nSPS) is 12.8. The van der Waals surface area contributed by atoms with Crippen LogP contribution in [0.2, 0.25) is 0 Å². The lowest BCUT2D eigenvalue weighted by molar-refractivity contribution is -0.169. The second-order valence-corrected chi connectivity index (χ2v) is 14.0. The van der Waals surface area contributed by atoms with Crippen molar-refractivity contribution in [3.8, 4) is 11.1 Å². The van der Waals surface area contributed by atoms with Crippen LogP contribution in [0.15, 0.2) is 55.1 Å². The minimum absolute atomic E-state index is 0.00335. The maximum atomic E-state index is 14.1. The fourth-order valence-electron chi connectivity index (χ4n) is 5.65. The topological polar surface area (TPSA) is 162 Å². The van der Waals surface area contributed by atoms with E-state index in [0.717, 1.165) is 44.1 Å². The van der Waals surface area contributed by atoms with Gasteiger partial charge in [-0.05, 0) is 78.1 Å². The number of esters is 3. The van der Waals surface area contributed by atoms with E-state index >= 15 is 0 Å². The van der Waals surface area contributed by atoms with Gasteiger partial charge in [0.05, 0.1) is 18.9 Å². The van der Waals surface area contributed by atoms with Crippen LogP contribution in [0.5, 0.6) is 0 Å². The molecule has 2 aromatic carbocycles. The molecule has 1 fully saturated rings. The average Bonchev–Trinajstić information content (AvgIpc) is 3.98. The van der Waals surface area contributed by atoms with Crippen molar-refractivity contribution in [3.63, 3.8) is 0 Å². The Morgan fingerprint density at radius 3 is 2.33 bits per heavy atom. The number of rotatable bonds is 20. The Morgan fingerprint density at radius 1 is 0.963 bits per heavy atom.